The minimum atomic E-state index is -0.386. The second-order valence-electron chi connectivity index (χ2n) is 8.83. The third-order valence-electron chi connectivity index (χ3n) is 5.15. The van der Waals surface area contributed by atoms with Crippen molar-refractivity contribution in [3.05, 3.63) is 6.42 Å². The first kappa shape index (κ1) is 45.7. The molecule has 0 bridgehead atoms. The molecule has 36 heavy (non-hydrogen) atoms. The zero-order chi connectivity index (χ0) is 26.5. The molecule has 1 aliphatic heterocycles. The number of hydrogen-bond acceptors (Lipinski definition) is 5. The van der Waals surface area contributed by atoms with Gasteiger partial charge in [0.2, 0.25) is 0 Å². The Kier molecular flexibility index (Phi) is 50.0. The Hall–Kier alpha value is -0.174. The largest absolute Gasteiger partial charge is 2.00 e. The van der Waals surface area contributed by atoms with Gasteiger partial charge in [0, 0.05) is 38.4 Å². The van der Waals surface area contributed by atoms with E-state index in [-0.39, 0.29) is 47.4 Å². The third kappa shape index (κ3) is 41.0. The maximum Gasteiger partial charge on any atom is 2.00 e. The average molecular weight is 546 g/mol. The van der Waals surface area contributed by atoms with Gasteiger partial charge in [-0.25, -0.2) is 0 Å². The number of carbonyl (C=O) groups excluding carboxylic acids is 3. The summed E-state index contributed by atoms with van der Waals surface area (Å²) in [5.41, 5.74) is 0. The molecule has 1 atom stereocenters. The van der Waals surface area contributed by atoms with Crippen molar-refractivity contribution < 1.29 is 36.3 Å². The summed E-state index contributed by atoms with van der Waals surface area (Å²) >= 11 is 0. The molecule has 7 heteroatoms. The summed E-state index contributed by atoms with van der Waals surface area (Å²) < 4.78 is 9.52. The number of Topliss-reactive ketones (excluding diaryl/α,β-unsaturated/α-hetero) is 1. The Labute approximate surface area is 246 Å². The standard InChI is InChI=1S/C10H18O3.C10H20O.C5H11.C4H8O.ClH.Mg/c1-3-5-7-9(11)13-10(12)8-6-4-2;1-4-6-8-10(11)9(3)7-5-2;1-3-5-4-2;1-2-4-5-3-1;;/h3-8H2,1-2H3;9H,4-8H2,1-3H3;3H,4-5H2,1-2H3;1-4H2;1H;/q;;-1;;;+2/p-1. The molecule has 1 unspecified atom stereocenters. The fraction of sp³-hybridized carbons (Fsp3) is 0.862. The van der Waals surface area contributed by atoms with Gasteiger partial charge < -0.3 is 28.3 Å². The van der Waals surface area contributed by atoms with E-state index in [1.54, 1.807) is 0 Å². The molecule has 0 aromatic carbocycles. The molecule has 1 aliphatic rings. The molecular weight excluding hydrogens is 488 g/mol. The second-order valence-corrected chi connectivity index (χ2v) is 8.83. The zero-order valence-corrected chi connectivity index (χ0v) is 27.0. The van der Waals surface area contributed by atoms with Crippen molar-refractivity contribution in [3.8, 4) is 0 Å². The van der Waals surface area contributed by atoms with Gasteiger partial charge in [0.05, 0.1) is 0 Å². The molecule has 0 N–H and O–H groups in total. The number of hydrogen-bond donors (Lipinski definition) is 0. The fourth-order valence-corrected chi connectivity index (χ4v) is 2.86. The number of esters is 2. The van der Waals surface area contributed by atoms with Gasteiger partial charge in [-0.15, -0.1) is 0 Å². The van der Waals surface area contributed by atoms with Gasteiger partial charge in [0.1, 0.15) is 5.78 Å². The Balaban J connectivity index is -0.000000125. The van der Waals surface area contributed by atoms with Crippen LogP contribution in [0.4, 0.5) is 0 Å². The van der Waals surface area contributed by atoms with Crippen molar-refractivity contribution in [2.24, 2.45) is 5.92 Å². The van der Waals surface area contributed by atoms with E-state index < -0.39 is 0 Å². The molecule has 0 radical (unpaired) electrons. The number of rotatable bonds is 14. The number of carbonyl (C=O) groups is 3. The van der Waals surface area contributed by atoms with Gasteiger partial charge in [0.15, 0.2) is 0 Å². The van der Waals surface area contributed by atoms with E-state index in [4.69, 9.17) is 4.74 Å². The van der Waals surface area contributed by atoms with Crippen molar-refractivity contribution in [3.63, 3.8) is 0 Å². The minimum Gasteiger partial charge on any atom is -1.00 e. The molecule has 1 heterocycles. The third-order valence-corrected chi connectivity index (χ3v) is 5.15. The van der Waals surface area contributed by atoms with Gasteiger partial charge in [-0.2, -0.15) is 13.3 Å². The summed E-state index contributed by atoms with van der Waals surface area (Å²) in [4.78, 5) is 33.2. The van der Waals surface area contributed by atoms with Crippen LogP contribution in [0.1, 0.15) is 145 Å². The molecular formula is C29H57ClMgO5. The summed E-state index contributed by atoms with van der Waals surface area (Å²) in [6.07, 6.45) is 16.6. The van der Waals surface area contributed by atoms with Crippen LogP contribution >= 0.6 is 0 Å². The number of ketones is 1. The van der Waals surface area contributed by atoms with Crippen LogP contribution in [0.15, 0.2) is 0 Å². The van der Waals surface area contributed by atoms with Crippen LogP contribution in [0.3, 0.4) is 0 Å². The van der Waals surface area contributed by atoms with Crippen molar-refractivity contribution in [1.82, 2.24) is 0 Å². The van der Waals surface area contributed by atoms with Gasteiger partial charge in [0.25, 0.3) is 0 Å². The van der Waals surface area contributed by atoms with E-state index in [9.17, 15) is 14.4 Å². The van der Waals surface area contributed by atoms with E-state index in [1.807, 2.05) is 20.8 Å². The Bertz CT molecular complexity index is 429. The predicted octanol–water partition coefficient (Wildman–Crippen LogP) is 5.05. The zero-order valence-electron chi connectivity index (χ0n) is 24.8. The predicted molar refractivity (Wildman–Crippen MR) is 149 cm³/mol. The molecule has 0 aliphatic carbocycles. The van der Waals surface area contributed by atoms with Crippen LogP contribution in [0.25, 0.3) is 0 Å². The average Bonchev–Trinajstić information content (AvgIpc) is 3.41. The first-order valence-electron chi connectivity index (χ1n) is 14.0. The molecule has 212 valence electrons. The van der Waals surface area contributed by atoms with Gasteiger partial charge >= 0.3 is 35.0 Å². The first-order chi connectivity index (χ1) is 16.3. The van der Waals surface area contributed by atoms with E-state index in [1.165, 1.54) is 25.7 Å². The van der Waals surface area contributed by atoms with Crippen LogP contribution in [0, 0.1) is 12.3 Å². The fourth-order valence-electron chi connectivity index (χ4n) is 2.86. The summed E-state index contributed by atoms with van der Waals surface area (Å²) in [6.45, 7) is 16.5. The van der Waals surface area contributed by atoms with Crippen molar-refractivity contribution in [2.45, 2.75) is 145 Å². The molecule has 0 amide bonds. The van der Waals surface area contributed by atoms with Crippen LogP contribution in [0.5, 0.6) is 0 Å². The Morgan fingerprint density at radius 1 is 0.778 bits per heavy atom. The topological polar surface area (TPSA) is 69.7 Å². The van der Waals surface area contributed by atoms with Crippen molar-refractivity contribution >= 4 is 40.8 Å². The SMILES string of the molecule is C1CCOC1.CCCCC(=O)C(C)CCC.CCCCC(=O)OC(=O)CCCC.C[CH-]CCC.[Cl-].[Mg+2]. The van der Waals surface area contributed by atoms with Crippen LogP contribution in [-0.4, -0.2) is 54.0 Å². The van der Waals surface area contributed by atoms with Crippen LogP contribution in [0.2, 0.25) is 0 Å². The van der Waals surface area contributed by atoms with E-state index in [0.717, 1.165) is 71.0 Å². The van der Waals surface area contributed by atoms with Crippen LogP contribution < -0.4 is 12.4 Å². The molecule has 0 spiro atoms. The van der Waals surface area contributed by atoms with E-state index >= 15 is 0 Å². The molecule has 1 fully saturated rings. The molecule has 5 nitrogen and oxygen atoms in total. The number of ether oxygens (including phenoxy) is 2. The smallest absolute Gasteiger partial charge is 1.00 e. The van der Waals surface area contributed by atoms with Gasteiger partial charge in [-0.05, 0) is 38.5 Å². The second kappa shape index (κ2) is 39.3. The summed E-state index contributed by atoms with van der Waals surface area (Å²) in [5, 5.41) is 0. The minimum absolute atomic E-state index is 0. The van der Waals surface area contributed by atoms with Crippen molar-refractivity contribution in [2.75, 3.05) is 13.2 Å². The summed E-state index contributed by atoms with van der Waals surface area (Å²) in [5.74, 6) is -0.0221. The molecule has 1 saturated heterocycles. The van der Waals surface area contributed by atoms with E-state index in [0.29, 0.717) is 24.5 Å². The number of unbranched alkanes of at least 4 members (excludes halogenated alkanes) is 5. The summed E-state index contributed by atoms with van der Waals surface area (Å²) in [6, 6.07) is 0. The van der Waals surface area contributed by atoms with E-state index in [2.05, 4.69) is 38.9 Å². The molecule has 1 rings (SSSR count). The van der Waals surface area contributed by atoms with Crippen molar-refractivity contribution in [1.29, 1.82) is 0 Å². The van der Waals surface area contributed by atoms with Gasteiger partial charge in [-0.1, -0.05) is 73.6 Å². The first-order valence-corrected chi connectivity index (χ1v) is 14.0. The van der Waals surface area contributed by atoms with Crippen LogP contribution in [-0.2, 0) is 23.9 Å². The Morgan fingerprint density at radius 3 is 1.50 bits per heavy atom. The molecule has 0 saturated carbocycles. The Morgan fingerprint density at radius 2 is 1.22 bits per heavy atom. The molecule has 0 aromatic rings. The molecule has 0 aromatic heterocycles. The normalized spacial score (nSPS) is 12.0. The summed E-state index contributed by atoms with van der Waals surface area (Å²) in [7, 11) is 0. The quantitative estimate of drug-likeness (QED) is 0.132. The maximum atomic E-state index is 11.3. The maximum absolute atomic E-state index is 11.3. The van der Waals surface area contributed by atoms with Gasteiger partial charge in [-0.3, -0.25) is 14.4 Å². The number of halogens is 1. The monoisotopic (exact) mass is 544 g/mol.